The fourth-order valence-electron chi connectivity index (χ4n) is 2.58. The van der Waals surface area contributed by atoms with Gasteiger partial charge in [-0.3, -0.25) is 10.1 Å². The highest BCUT2D eigenvalue weighted by molar-refractivity contribution is 7.99. The SMILES string of the molecule is CC1CN(C(=O)C2Cc3nc[nH]c3CN2)CCS1. The van der Waals surface area contributed by atoms with Crippen molar-refractivity contribution in [3.8, 4) is 0 Å². The Kier molecular flexibility index (Phi) is 3.30. The van der Waals surface area contributed by atoms with E-state index in [9.17, 15) is 4.79 Å². The molecule has 0 saturated carbocycles. The lowest BCUT2D eigenvalue weighted by Crippen LogP contribution is -2.52. The average Bonchev–Trinajstić information content (AvgIpc) is 2.85. The fraction of sp³-hybridized carbons (Fsp3) is 0.667. The number of hydrogen-bond acceptors (Lipinski definition) is 4. The Morgan fingerprint density at radius 3 is 3.33 bits per heavy atom. The van der Waals surface area contributed by atoms with Crippen molar-refractivity contribution < 1.29 is 4.79 Å². The number of nitrogens with one attached hydrogen (secondary N) is 2. The molecule has 3 heterocycles. The van der Waals surface area contributed by atoms with E-state index in [0.717, 1.165) is 30.2 Å². The smallest absolute Gasteiger partial charge is 0.240 e. The Morgan fingerprint density at radius 1 is 1.61 bits per heavy atom. The number of imidazole rings is 1. The topological polar surface area (TPSA) is 61.0 Å². The van der Waals surface area contributed by atoms with E-state index in [1.807, 2.05) is 16.7 Å². The third-order valence-corrected chi connectivity index (χ3v) is 4.72. The number of carbonyl (C=O) groups is 1. The minimum absolute atomic E-state index is 0.101. The molecule has 0 aromatic carbocycles. The molecule has 0 spiro atoms. The van der Waals surface area contributed by atoms with Crippen molar-refractivity contribution >= 4 is 17.7 Å². The molecule has 98 valence electrons. The van der Waals surface area contributed by atoms with Crippen molar-refractivity contribution in [1.82, 2.24) is 20.2 Å². The van der Waals surface area contributed by atoms with E-state index in [-0.39, 0.29) is 11.9 Å². The summed E-state index contributed by atoms with van der Waals surface area (Å²) in [4.78, 5) is 21.8. The zero-order valence-electron chi connectivity index (χ0n) is 10.5. The van der Waals surface area contributed by atoms with Gasteiger partial charge in [0.2, 0.25) is 5.91 Å². The van der Waals surface area contributed by atoms with Crippen LogP contribution in [0.25, 0.3) is 0 Å². The van der Waals surface area contributed by atoms with Gasteiger partial charge in [0.15, 0.2) is 0 Å². The van der Waals surface area contributed by atoms with Crippen molar-refractivity contribution in [3.05, 3.63) is 17.7 Å². The molecule has 2 aliphatic heterocycles. The van der Waals surface area contributed by atoms with Crippen LogP contribution in [0.5, 0.6) is 0 Å². The second-order valence-corrected chi connectivity index (χ2v) is 6.48. The number of carbonyl (C=O) groups excluding carboxylic acids is 1. The molecule has 1 amide bonds. The molecular weight excluding hydrogens is 248 g/mol. The summed E-state index contributed by atoms with van der Waals surface area (Å²) in [6.45, 7) is 4.64. The lowest BCUT2D eigenvalue weighted by molar-refractivity contribution is -0.133. The van der Waals surface area contributed by atoms with Gasteiger partial charge in [0.05, 0.1) is 23.8 Å². The number of amides is 1. The molecule has 18 heavy (non-hydrogen) atoms. The molecule has 2 atom stereocenters. The van der Waals surface area contributed by atoms with Crippen LogP contribution in [0, 0.1) is 0 Å². The highest BCUT2D eigenvalue weighted by atomic mass is 32.2. The summed E-state index contributed by atoms with van der Waals surface area (Å²) >= 11 is 1.94. The standard InChI is InChI=1S/C12H18N4OS/c1-8-6-16(2-3-18-8)12(17)10-4-9-11(5-13-10)15-7-14-9/h7-8,10,13H,2-6H2,1H3,(H,14,15). The Bertz CT molecular complexity index is 447. The zero-order valence-corrected chi connectivity index (χ0v) is 11.3. The van der Waals surface area contributed by atoms with Crippen LogP contribution in [0.3, 0.4) is 0 Å². The summed E-state index contributed by atoms with van der Waals surface area (Å²) in [5, 5.41) is 3.85. The minimum Gasteiger partial charge on any atom is -0.347 e. The van der Waals surface area contributed by atoms with Gasteiger partial charge in [-0.2, -0.15) is 11.8 Å². The Labute approximate surface area is 111 Å². The van der Waals surface area contributed by atoms with Gasteiger partial charge in [-0.1, -0.05) is 6.92 Å². The number of aromatic nitrogens is 2. The highest BCUT2D eigenvalue weighted by Gasteiger charge is 2.31. The van der Waals surface area contributed by atoms with Gasteiger partial charge in [0.1, 0.15) is 0 Å². The molecule has 2 unspecified atom stereocenters. The number of rotatable bonds is 1. The average molecular weight is 266 g/mol. The van der Waals surface area contributed by atoms with Gasteiger partial charge < -0.3 is 9.88 Å². The van der Waals surface area contributed by atoms with Crippen molar-refractivity contribution in [3.63, 3.8) is 0 Å². The summed E-state index contributed by atoms with van der Waals surface area (Å²) in [6, 6.07) is -0.101. The third kappa shape index (κ3) is 2.27. The predicted octanol–water partition coefficient (Wildman–Crippen LogP) is 0.388. The summed E-state index contributed by atoms with van der Waals surface area (Å²) in [5.41, 5.74) is 2.15. The van der Waals surface area contributed by atoms with E-state index in [4.69, 9.17) is 0 Å². The Balaban J connectivity index is 1.67. The largest absolute Gasteiger partial charge is 0.347 e. The van der Waals surface area contributed by atoms with Gasteiger partial charge in [0.25, 0.3) is 0 Å². The highest BCUT2D eigenvalue weighted by Crippen LogP contribution is 2.20. The zero-order chi connectivity index (χ0) is 12.5. The number of H-pyrrole nitrogens is 1. The van der Waals surface area contributed by atoms with Crippen LogP contribution in [-0.2, 0) is 17.8 Å². The number of aromatic amines is 1. The summed E-state index contributed by atoms with van der Waals surface area (Å²) in [5.74, 6) is 1.28. The van der Waals surface area contributed by atoms with Crippen LogP contribution in [0.4, 0.5) is 0 Å². The third-order valence-electron chi connectivity index (χ3n) is 3.58. The summed E-state index contributed by atoms with van der Waals surface area (Å²) < 4.78 is 0. The molecule has 1 saturated heterocycles. The normalized spacial score (nSPS) is 27.9. The molecule has 2 aliphatic rings. The molecule has 0 bridgehead atoms. The second-order valence-electron chi connectivity index (χ2n) is 4.93. The van der Waals surface area contributed by atoms with Crippen LogP contribution < -0.4 is 5.32 Å². The van der Waals surface area contributed by atoms with Gasteiger partial charge in [-0.05, 0) is 0 Å². The molecule has 0 radical (unpaired) electrons. The molecule has 1 aromatic heterocycles. The quantitative estimate of drug-likeness (QED) is 0.772. The van der Waals surface area contributed by atoms with Crippen molar-refractivity contribution in [2.24, 2.45) is 0 Å². The number of nitrogens with zero attached hydrogens (tertiary/aromatic N) is 2. The van der Waals surface area contributed by atoms with Gasteiger partial charge >= 0.3 is 0 Å². The lowest BCUT2D eigenvalue weighted by Gasteiger charge is -2.34. The van der Waals surface area contributed by atoms with E-state index in [0.29, 0.717) is 18.2 Å². The minimum atomic E-state index is -0.101. The monoisotopic (exact) mass is 266 g/mol. The van der Waals surface area contributed by atoms with Crippen LogP contribution in [0.2, 0.25) is 0 Å². The Hall–Kier alpha value is -1.01. The second kappa shape index (κ2) is 4.93. The van der Waals surface area contributed by atoms with Crippen molar-refractivity contribution in [2.75, 3.05) is 18.8 Å². The van der Waals surface area contributed by atoms with E-state index >= 15 is 0 Å². The van der Waals surface area contributed by atoms with Crippen LogP contribution >= 0.6 is 11.8 Å². The molecule has 0 aliphatic carbocycles. The first-order valence-corrected chi connectivity index (χ1v) is 7.44. The summed E-state index contributed by atoms with van der Waals surface area (Å²) in [6.07, 6.45) is 2.41. The maximum Gasteiger partial charge on any atom is 0.240 e. The van der Waals surface area contributed by atoms with E-state index in [1.54, 1.807) is 6.33 Å². The van der Waals surface area contributed by atoms with E-state index in [1.165, 1.54) is 0 Å². The van der Waals surface area contributed by atoms with E-state index < -0.39 is 0 Å². The van der Waals surface area contributed by atoms with Crippen LogP contribution in [-0.4, -0.2) is 50.9 Å². The molecule has 5 nitrogen and oxygen atoms in total. The molecule has 1 aromatic rings. The molecule has 6 heteroatoms. The number of fused-ring (bicyclic) bond motifs is 1. The molecule has 3 rings (SSSR count). The maximum absolute atomic E-state index is 12.4. The summed E-state index contributed by atoms with van der Waals surface area (Å²) in [7, 11) is 0. The molecule has 2 N–H and O–H groups in total. The van der Waals surface area contributed by atoms with Crippen molar-refractivity contribution in [2.45, 2.75) is 31.2 Å². The fourth-order valence-corrected chi connectivity index (χ4v) is 3.60. The predicted molar refractivity (Wildman–Crippen MR) is 71.4 cm³/mol. The van der Waals surface area contributed by atoms with Gasteiger partial charge in [-0.25, -0.2) is 4.98 Å². The molecular formula is C12H18N4OS. The van der Waals surface area contributed by atoms with Gasteiger partial charge in [-0.15, -0.1) is 0 Å². The molecule has 1 fully saturated rings. The number of hydrogen-bond donors (Lipinski definition) is 2. The van der Waals surface area contributed by atoms with Crippen LogP contribution in [0.15, 0.2) is 6.33 Å². The Morgan fingerprint density at radius 2 is 2.50 bits per heavy atom. The first kappa shape index (κ1) is 12.0. The number of thioether (sulfide) groups is 1. The van der Waals surface area contributed by atoms with Gasteiger partial charge in [0, 0.05) is 37.1 Å². The van der Waals surface area contributed by atoms with Crippen molar-refractivity contribution in [1.29, 1.82) is 0 Å². The van der Waals surface area contributed by atoms with Crippen LogP contribution in [0.1, 0.15) is 18.3 Å². The first-order valence-electron chi connectivity index (χ1n) is 6.39. The lowest BCUT2D eigenvalue weighted by atomic mass is 10.0. The van der Waals surface area contributed by atoms with E-state index in [2.05, 4.69) is 22.2 Å². The first-order chi connectivity index (χ1) is 8.74. The maximum atomic E-state index is 12.4.